The van der Waals surface area contributed by atoms with E-state index >= 15 is 28.8 Å². The van der Waals surface area contributed by atoms with Gasteiger partial charge in [0.05, 0.1) is 18.2 Å². The molecule has 15 atom stereocenters. The molecule has 3 saturated heterocycles. The van der Waals surface area contributed by atoms with Crippen molar-refractivity contribution in [2.45, 2.75) is 246 Å². The zero-order valence-electron chi connectivity index (χ0n) is 62.0. The Morgan fingerprint density at radius 1 is 0.558 bits per heavy atom. The third-order valence-corrected chi connectivity index (χ3v) is 20.8. The van der Waals surface area contributed by atoms with Crippen molar-refractivity contribution in [3.8, 4) is 0 Å². The van der Waals surface area contributed by atoms with Crippen LogP contribution in [0.1, 0.15) is 162 Å². The molecule has 4 rings (SSSR count). The van der Waals surface area contributed by atoms with Gasteiger partial charge in [-0.05, 0) is 109 Å². The minimum atomic E-state index is -1.63. The summed E-state index contributed by atoms with van der Waals surface area (Å²) in [5, 5.41) is 11.8. The number of carbonyl (C=O) groups is 11. The molecule has 95 heavy (non-hydrogen) atoms. The lowest BCUT2D eigenvalue weighted by Gasteiger charge is -2.48. The SMILES string of the molecule is CC=CCC(C)C1OC(C)C2C(=O)N(C)C1C(=O)NC(CC)C(=O)N(C)C(C)C(=O)N(C)C(C=O)(C(C)CN1CCN(C3CCC3)CC1)CNC(C(C)C)C(=O)N(C)C(CC(C)C)C(=O)NC(C)C(=O)NC(C)C(=O)N(C)C(CC(C)C)C(=O)N(C)C(CC(C)C)C(=O)N2C. The van der Waals surface area contributed by atoms with Crippen molar-refractivity contribution in [2.24, 2.45) is 35.5 Å². The van der Waals surface area contributed by atoms with Gasteiger partial charge in [0, 0.05) is 101 Å². The monoisotopic (exact) mass is 1340 g/mol. The Bertz CT molecular complexity index is 2680. The highest BCUT2D eigenvalue weighted by Crippen LogP contribution is 2.32. The van der Waals surface area contributed by atoms with Gasteiger partial charge in [0.25, 0.3) is 0 Å². The number of aldehydes is 1. The molecule has 4 N–H and O–H groups in total. The van der Waals surface area contributed by atoms with Crippen molar-refractivity contribution in [3.63, 3.8) is 0 Å². The van der Waals surface area contributed by atoms with E-state index < -0.39 is 155 Å². The number of rotatable bonds is 16. The molecule has 0 aromatic carbocycles. The van der Waals surface area contributed by atoms with E-state index in [1.165, 1.54) is 117 Å². The van der Waals surface area contributed by atoms with Crippen LogP contribution in [0, 0.1) is 35.5 Å². The van der Waals surface area contributed by atoms with E-state index in [0.29, 0.717) is 19.0 Å². The Morgan fingerprint density at radius 2 is 1.06 bits per heavy atom. The van der Waals surface area contributed by atoms with E-state index in [4.69, 9.17) is 4.74 Å². The number of fused-ring (bicyclic) bond motifs is 3. The van der Waals surface area contributed by atoms with Crippen LogP contribution in [0.15, 0.2) is 12.2 Å². The van der Waals surface area contributed by atoms with Crippen LogP contribution >= 0.6 is 0 Å². The van der Waals surface area contributed by atoms with E-state index in [2.05, 4.69) is 31.1 Å². The highest BCUT2D eigenvalue weighted by Gasteiger charge is 2.52. The lowest BCUT2D eigenvalue weighted by Crippen LogP contribution is -2.67. The van der Waals surface area contributed by atoms with Crippen LogP contribution in [0.25, 0.3) is 0 Å². The molecule has 25 nitrogen and oxygen atoms in total. The van der Waals surface area contributed by atoms with Gasteiger partial charge < -0.3 is 70.0 Å². The lowest BCUT2D eigenvalue weighted by molar-refractivity contribution is -0.155. The van der Waals surface area contributed by atoms with Crippen molar-refractivity contribution in [1.29, 1.82) is 0 Å². The van der Waals surface area contributed by atoms with Crippen LogP contribution in [0.5, 0.6) is 0 Å². The first-order valence-electron chi connectivity index (χ1n) is 35.1. The Labute approximate surface area is 568 Å². The zero-order valence-corrected chi connectivity index (χ0v) is 62.0. The Kier molecular flexibility index (Phi) is 30.8. The van der Waals surface area contributed by atoms with Crippen LogP contribution in [-0.4, -0.2) is 282 Å². The van der Waals surface area contributed by atoms with Gasteiger partial charge in [-0.25, -0.2) is 0 Å². The second kappa shape index (κ2) is 36.0. The smallest absolute Gasteiger partial charge is 0.248 e. The van der Waals surface area contributed by atoms with Crippen molar-refractivity contribution in [1.82, 2.24) is 65.4 Å². The summed E-state index contributed by atoms with van der Waals surface area (Å²) >= 11 is 0. The van der Waals surface area contributed by atoms with Gasteiger partial charge in [-0.15, -0.1) is 0 Å². The maximum atomic E-state index is 15.3. The lowest BCUT2D eigenvalue weighted by atomic mass is 9.82. The van der Waals surface area contributed by atoms with Gasteiger partial charge in [0.2, 0.25) is 59.1 Å². The van der Waals surface area contributed by atoms with Gasteiger partial charge in [0.15, 0.2) is 0 Å². The Balaban J connectivity index is 1.92. The minimum Gasteiger partial charge on any atom is -0.370 e. The average molecular weight is 1340 g/mol. The maximum absolute atomic E-state index is 15.3. The second-order valence-corrected chi connectivity index (χ2v) is 29.6. The molecule has 3 aliphatic heterocycles. The highest BCUT2D eigenvalue weighted by atomic mass is 16.5. The van der Waals surface area contributed by atoms with Crippen molar-refractivity contribution >= 4 is 65.4 Å². The number of nitrogens with zero attached hydrogens (tertiary/aromatic N) is 9. The largest absolute Gasteiger partial charge is 0.370 e. The minimum absolute atomic E-state index is 0.0659. The number of piperazine rings is 1. The molecule has 15 unspecified atom stereocenters. The fourth-order valence-electron chi connectivity index (χ4n) is 13.9. The second-order valence-electron chi connectivity index (χ2n) is 29.6. The zero-order chi connectivity index (χ0) is 72.0. The molecule has 4 fully saturated rings. The normalized spacial score (nSPS) is 31.3. The summed E-state index contributed by atoms with van der Waals surface area (Å²) in [4.78, 5) is 178. The number of amides is 10. The van der Waals surface area contributed by atoms with Crippen molar-refractivity contribution in [2.75, 3.05) is 88.6 Å². The number of likely N-dealkylation sites (N-methyl/N-ethyl adjacent to an activating group) is 7. The molecule has 540 valence electrons. The number of carbonyl (C=O) groups excluding carboxylic acids is 11. The third kappa shape index (κ3) is 19.8. The van der Waals surface area contributed by atoms with E-state index in [9.17, 15) is 24.0 Å². The molecule has 1 saturated carbocycles. The molecular formula is C70H123N13O12. The van der Waals surface area contributed by atoms with Crippen LogP contribution in [0.3, 0.4) is 0 Å². The number of ether oxygens (including phenoxy) is 1. The van der Waals surface area contributed by atoms with E-state index in [0.717, 1.165) is 32.5 Å². The van der Waals surface area contributed by atoms with Gasteiger partial charge >= 0.3 is 0 Å². The summed E-state index contributed by atoms with van der Waals surface area (Å²) in [7, 11) is 10.4. The van der Waals surface area contributed by atoms with Gasteiger partial charge in [-0.2, -0.15) is 0 Å². The maximum Gasteiger partial charge on any atom is 0.248 e. The standard InChI is InChI=1S/C70H123N13O12/c1-24-26-28-45(11)59-58-62(87)74-52(25-2)65(90)75(17)49(15)64(89)81(23)70(40-84,46(12)38-82-31-33-83(34-32-82)51-29-27-30-51)39-71-56(44(9)10)68(93)76(18)53(35-41(3)4)61(86)72-47(13)60(85)73-48(14)63(88)77(19)54(36-42(5)6)66(91)78(20)55(37-43(7)8)67(92)79(21)57(50(16)95-59)69(94)80(58)22/h24,26,40-59,71H,25,27-39H2,1-23H3,(H,72,86)(H,73,85)(H,74,87). The topological polar surface area (TPSA) is 274 Å². The molecule has 10 amide bonds. The number of hydrogen-bond donors (Lipinski definition) is 4. The summed E-state index contributed by atoms with van der Waals surface area (Å²) in [6.07, 6.45) is 7.11. The predicted molar refractivity (Wildman–Crippen MR) is 367 cm³/mol. The highest BCUT2D eigenvalue weighted by molar-refractivity contribution is 5.99. The summed E-state index contributed by atoms with van der Waals surface area (Å²) in [6.45, 7) is 32.0. The summed E-state index contributed by atoms with van der Waals surface area (Å²) in [5.41, 5.74) is -1.63. The summed E-state index contributed by atoms with van der Waals surface area (Å²) in [6, 6.07) is -11.3. The number of hydrogen-bond acceptors (Lipinski definition) is 15. The molecule has 3 heterocycles. The average Bonchev–Trinajstić information content (AvgIpc) is 1.78. The number of allylic oxidation sites excluding steroid dienone is 2. The quantitative estimate of drug-likeness (QED) is 0.128. The Hall–Kier alpha value is -6.05. The molecule has 1 aliphatic carbocycles. The van der Waals surface area contributed by atoms with Crippen LogP contribution in [0.4, 0.5) is 0 Å². The van der Waals surface area contributed by atoms with E-state index in [-0.39, 0.29) is 50.0 Å². The van der Waals surface area contributed by atoms with Gasteiger partial charge in [-0.1, -0.05) is 94.7 Å². The molecule has 0 aromatic rings. The molecule has 25 heteroatoms. The molecule has 0 aromatic heterocycles. The van der Waals surface area contributed by atoms with Gasteiger partial charge in [-0.3, -0.25) is 52.8 Å². The fraction of sp³-hybridized carbons (Fsp3) is 0.814. The first-order valence-corrected chi connectivity index (χ1v) is 35.1. The molecule has 0 spiro atoms. The first-order chi connectivity index (χ1) is 44.3. The van der Waals surface area contributed by atoms with E-state index in [1.807, 2.05) is 88.3 Å². The molecular weight excluding hydrogens is 1210 g/mol. The van der Waals surface area contributed by atoms with Crippen molar-refractivity contribution < 1.29 is 57.5 Å². The fourth-order valence-corrected chi connectivity index (χ4v) is 13.9. The van der Waals surface area contributed by atoms with Gasteiger partial charge in [0.1, 0.15) is 66.2 Å². The third-order valence-electron chi connectivity index (χ3n) is 20.8. The van der Waals surface area contributed by atoms with Crippen LogP contribution in [-0.2, 0) is 57.5 Å². The summed E-state index contributed by atoms with van der Waals surface area (Å²) < 4.78 is 6.83. The molecule has 0 radical (unpaired) electrons. The predicted octanol–water partition coefficient (Wildman–Crippen LogP) is 3.23. The van der Waals surface area contributed by atoms with E-state index in [1.54, 1.807) is 20.8 Å². The number of nitrogens with one attached hydrogen (secondary N) is 4. The van der Waals surface area contributed by atoms with Crippen LogP contribution < -0.4 is 21.3 Å². The molecule has 2 bridgehead atoms. The molecule has 4 aliphatic rings. The first kappa shape index (κ1) is 81.4. The van der Waals surface area contributed by atoms with Crippen LogP contribution in [0.2, 0.25) is 0 Å². The van der Waals surface area contributed by atoms with Crippen molar-refractivity contribution in [3.05, 3.63) is 12.2 Å². The summed E-state index contributed by atoms with van der Waals surface area (Å²) in [5.74, 6) is -7.95. The Morgan fingerprint density at radius 3 is 1.56 bits per heavy atom.